The van der Waals surface area contributed by atoms with Gasteiger partial charge >= 0.3 is 5.69 Å². The zero-order valence-corrected chi connectivity index (χ0v) is 10.0. The van der Waals surface area contributed by atoms with E-state index in [1.165, 1.54) is 6.92 Å². The Bertz CT molecular complexity index is 494. The van der Waals surface area contributed by atoms with Crippen LogP contribution in [0.15, 0.2) is 18.2 Å². The maximum Gasteiger partial charge on any atom is 0.305 e. The first-order valence-corrected chi connectivity index (χ1v) is 5.37. The number of hydrogen-bond acceptors (Lipinski definition) is 5. The Morgan fingerprint density at radius 1 is 1.53 bits per heavy atom. The predicted octanol–water partition coefficient (Wildman–Crippen LogP) is 0.264. The average molecular weight is 272 g/mol. The molecule has 8 heteroatoms. The van der Waals surface area contributed by atoms with Gasteiger partial charge in [-0.25, -0.2) is 0 Å². The summed E-state index contributed by atoms with van der Waals surface area (Å²) in [5.41, 5.74) is -0.797. The van der Waals surface area contributed by atoms with Crippen LogP contribution in [0, 0.1) is 15.9 Å². The normalized spacial score (nSPS) is 13.7. The first kappa shape index (κ1) is 15.0. The Kier molecular flexibility index (Phi) is 4.90. The summed E-state index contributed by atoms with van der Waals surface area (Å²) in [5, 5.41) is 32.2. The van der Waals surface area contributed by atoms with Gasteiger partial charge in [0, 0.05) is 19.5 Å². The lowest BCUT2D eigenvalue weighted by Crippen LogP contribution is -2.34. The first-order valence-electron chi connectivity index (χ1n) is 5.37. The zero-order chi connectivity index (χ0) is 14.6. The third kappa shape index (κ3) is 3.97. The van der Waals surface area contributed by atoms with Crippen molar-refractivity contribution < 1.29 is 24.3 Å². The number of amides is 1. The minimum absolute atomic E-state index is 0.00838. The molecular formula is C11H13FN2O5. The van der Waals surface area contributed by atoms with Crippen LogP contribution in [0.25, 0.3) is 0 Å². The second-order valence-corrected chi connectivity index (χ2v) is 3.92. The summed E-state index contributed by atoms with van der Waals surface area (Å²) in [6, 6.07) is 2.81. The minimum atomic E-state index is -1.47. The van der Waals surface area contributed by atoms with Crippen molar-refractivity contribution in [1.82, 2.24) is 5.32 Å². The fraction of sp³-hybridized carbons (Fsp3) is 0.364. The number of benzene rings is 1. The average Bonchev–Trinajstić information content (AvgIpc) is 2.35. The van der Waals surface area contributed by atoms with Crippen molar-refractivity contribution in [2.75, 3.05) is 6.54 Å². The van der Waals surface area contributed by atoms with E-state index >= 15 is 0 Å². The highest BCUT2D eigenvalue weighted by Gasteiger charge is 2.22. The zero-order valence-electron chi connectivity index (χ0n) is 10.0. The van der Waals surface area contributed by atoms with Crippen LogP contribution in [0.1, 0.15) is 18.6 Å². The molecule has 2 atom stereocenters. The Morgan fingerprint density at radius 2 is 2.16 bits per heavy atom. The number of aliphatic hydroxyl groups excluding tert-OH is 2. The van der Waals surface area contributed by atoms with Gasteiger partial charge in [-0.2, -0.15) is 4.39 Å². The van der Waals surface area contributed by atoms with Gasteiger partial charge in [0.2, 0.25) is 11.7 Å². The first-order chi connectivity index (χ1) is 8.82. The SMILES string of the molecule is CC(=O)NCC(O)C(O)c1ccc(F)c([N+](=O)[O-])c1. The van der Waals surface area contributed by atoms with E-state index in [2.05, 4.69) is 5.32 Å². The molecule has 0 spiro atoms. The van der Waals surface area contributed by atoms with E-state index in [1.807, 2.05) is 0 Å². The van der Waals surface area contributed by atoms with Gasteiger partial charge < -0.3 is 15.5 Å². The quantitative estimate of drug-likeness (QED) is 0.526. The van der Waals surface area contributed by atoms with Crippen molar-refractivity contribution in [3.63, 3.8) is 0 Å². The molecule has 0 aliphatic rings. The fourth-order valence-electron chi connectivity index (χ4n) is 1.44. The van der Waals surface area contributed by atoms with E-state index in [0.29, 0.717) is 0 Å². The molecule has 3 N–H and O–H groups in total. The van der Waals surface area contributed by atoms with Crippen LogP contribution < -0.4 is 5.32 Å². The fourth-order valence-corrected chi connectivity index (χ4v) is 1.44. The maximum absolute atomic E-state index is 13.1. The molecule has 0 aromatic heterocycles. The molecule has 19 heavy (non-hydrogen) atoms. The van der Waals surface area contributed by atoms with Gasteiger partial charge in [-0.15, -0.1) is 0 Å². The topological polar surface area (TPSA) is 113 Å². The highest BCUT2D eigenvalue weighted by Crippen LogP contribution is 2.24. The molecule has 1 aromatic rings. The summed E-state index contributed by atoms with van der Waals surface area (Å²) >= 11 is 0. The second-order valence-electron chi connectivity index (χ2n) is 3.92. The standard InChI is InChI=1S/C11H13FN2O5/c1-6(15)13-5-10(16)11(17)7-2-3-8(12)9(4-7)14(18)19/h2-4,10-11,16-17H,5H2,1H3,(H,13,15). The third-order valence-electron chi connectivity index (χ3n) is 2.43. The number of nitro groups is 1. The number of aliphatic hydroxyl groups is 2. The number of nitro benzene ring substituents is 1. The van der Waals surface area contributed by atoms with Crippen molar-refractivity contribution in [1.29, 1.82) is 0 Å². The highest BCUT2D eigenvalue weighted by atomic mass is 19.1. The monoisotopic (exact) mass is 272 g/mol. The summed E-state index contributed by atoms with van der Waals surface area (Å²) in [6.07, 6.45) is -2.82. The lowest BCUT2D eigenvalue weighted by Gasteiger charge is -2.18. The molecule has 7 nitrogen and oxygen atoms in total. The van der Waals surface area contributed by atoms with E-state index in [0.717, 1.165) is 18.2 Å². The van der Waals surface area contributed by atoms with Crippen LogP contribution in [-0.4, -0.2) is 33.7 Å². The number of nitrogens with one attached hydrogen (secondary N) is 1. The predicted molar refractivity (Wildman–Crippen MR) is 62.7 cm³/mol. The molecule has 0 aliphatic carbocycles. The van der Waals surface area contributed by atoms with Crippen molar-refractivity contribution >= 4 is 11.6 Å². The van der Waals surface area contributed by atoms with Crippen molar-refractivity contribution in [2.24, 2.45) is 0 Å². The molecule has 1 aromatic carbocycles. The number of halogens is 1. The van der Waals surface area contributed by atoms with Crippen LogP contribution in [0.3, 0.4) is 0 Å². The summed E-state index contributed by atoms with van der Waals surface area (Å²) in [6.45, 7) is 1.02. The summed E-state index contributed by atoms with van der Waals surface area (Å²) in [4.78, 5) is 20.3. The Labute approximate surface area is 107 Å². The van der Waals surface area contributed by atoms with Crippen molar-refractivity contribution in [3.8, 4) is 0 Å². The Morgan fingerprint density at radius 3 is 2.68 bits per heavy atom. The number of hydrogen-bond donors (Lipinski definition) is 3. The minimum Gasteiger partial charge on any atom is -0.388 e. The Balaban J connectivity index is 2.87. The maximum atomic E-state index is 13.1. The number of rotatable bonds is 5. The second kappa shape index (κ2) is 6.21. The van der Waals surface area contributed by atoms with E-state index in [4.69, 9.17) is 0 Å². The molecule has 0 bridgehead atoms. The van der Waals surface area contributed by atoms with Gasteiger partial charge in [0.1, 0.15) is 12.2 Å². The van der Waals surface area contributed by atoms with Gasteiger partial charge in [-0.05, 0) is 11.6 Å². The molecule has 0 saturated heterocycles. The smallest absolute Gasteiger partial charge is 0.305 e. The van der Waals surface area contributed by atoms with Gasteiger partial charge in [0.05, 0.1) is 4.92 Å². The van der Waals surface area contributed by atoms with Gasteiger partial charge in [-0.1, -0.05) is 6.07 Å². The van der Waals surface area contributed by atoms with E-state index in [9.17, 15) is 29.5 Å². The molecule has 2 unspecified atom stereocenters. The van der Waals surface area contributed by atoms with Gasteiger partial charge in [0.25, 0.3) is 0 Å². The van der Waals surface area contributed by atoms with Crippen LogP contribution in [-0.2, 0) is 4.79 Å². The van der Waals surface area contributed by atoms with E-state index < -0.39 is 34.5 Å². The van der Waals surface area contributed by atoms with Crippen LogP contribution in [0.5, 0.6) is 0 Å². The molecular weight excluding hydrogens is 259 g/mol. The number of nitrogens with zero attached hydrogens (tertiary/aromatic N) is 1. The molecule has 1 amide bonds. The Hall–Kier alpha value is -2.06. The third-order valence-corrected chi connectivity index (χ3v) is 2.43. The van der Waals surface area contributed by atoms with E-state index in [1.54, 1.807) is 0 Å². The molecule has 0 fully saturated rings. The number of carbonyl (C=O) groups is 1. The van der Waals surface area contributed by atoms with E-state index in [-0.39, 0.29) is 12.1 Å². The lowest BCUT2D eigenvalue weighted by molar-refractivity contribution is -0.387. The largest absolute Gasteiger partial charge is 0.388 e. The molecule has 0 heterocycles. The highest BCUT2D eigenvalue weighted by molar-refractivity contribution is 5.72. The van der Waals surface area contributed by atoms with Crippen LogP contribution in [0.4, 0.5) is 10.1 Å². The number of carbonyl (C=O) groups excluding carboxylic acids is 1. The molecule has 1 rings (SSSR count). The molecule has 0 radical (unpaired) electrons. The van der Waals surface area contributed by atoms with Crippen LogP contribution in [0.2, 0.25) is 0 Å². The van der Waals surface area contributed by atoms with Gasteiger partial charge in [-0.3, -0.25) is 14.9 Å². The van der Waals surface area contributed by atoms with Crippen molar-refractivity contribution in [2.45, 2.75) is 19.1 Å². The molecule has 104 valence electrons. The molecule has 0 saturated carbocycles. The summed E-state index contributed by atoms with van der Waals surface area (Å²) in [7, 11) is 0. The van der Waals surface area contributed by atoms with Crippen LogP contribution >= 0.6 is 0 Å². The van der Waals surface area contributed by atoms with Gasteiger partial charge in [0.15, 0.2) is 0 Å². The van der Waals surface area contributed by atoms with Crippen molar-refractivity contribution in [3.05, 3.63) is 39.7 Å². The summed E-state index contributed by atoms with van der Waals surface area (Å²) < 4.78 is 13.1. The lowest BCUT2D eigenvalue weighted by atomic mass is 10.0. The summed E-state index contributed by atoms with van der Waals surface area (Å²) in [5.74, 6) is -1.42. The molecule has 0 aliphatic heterocycles.